The van der Waals surface area contributed by atoms with Gasteiger partial charge in [-0.25, -0.2) is 0 Å². The molecular formula is C15H29NO3. The summed E-state index contributed by atoms with van der Waals surface area (Å²) >= 11 is 0. The first-order valence-corrected chi connectivity index (χ1v) is 7.09. The van der Waals surface area contributed by atoms with Gasteiger partial charge in [0.25, 0.3) is 0 Å². The first kappa shape index (κ1) is 18.1. The van der Waals surface area contributed by atoms with Gasteiger partial charge in [0.05, 0.1) is 11.7 Å². The molecule has 3 atom stereocenters. The van der Waals surface area contributed by atoms with E-state index in [1.807, 2.05) is 41.5 Å². The highest BCUT2D eigenvalue weighted by atomic mass is 16.5. The van der Waals surface area contributed by atoms with Crippen molar-refractivity contribution < 1.29 is 14.3 Å². The van der Waals surface area contributed by atoms with Crippen LogP contribution in [0.4, 0.5) is 0 Å². The monoisotopic (exact) mass is 271 g/mol. The zero-order valence-corrected chi connectivity index (χ0v) is 13.6. The standard InChI is InChI=1S/C13H23NO3.C2H6/c1-8-7-14(10(3)16)11(9(2)15)12(8)17-13(4,5)6;1-2/h8,11-12H,7H2,1-6H3;1-2H3. The van der Waals surface area contributed by atoms with Crippen LogP contribution in [0.5, 0.6) is 0 Å². The van der Waals surface area contributed by atoms with Gasteiger partial charge in [-0.15, -0.1) is 0 Å². The fourth-order valence-electron chi connectivity index (χ4n) is 2.38. The zero-order valence-electron chi connectivity index (χ0n) is 13.6. The highest BCUT2D eigenvalue weighted by molar-refractivity contribution is 5.88. The van der Waals surface area contributed by atoms with Gasteiger partial charge < -0.3 is 9.64 Å². The Morgan fingerprint density at radius 1 is 1.16 bits per heavy atom. The van der Waals surface area contributed by atoms with Gasteiger partial charge in [0.15, 0.2) is 5.78 Å². The average Bonchev–Trinajstić information content (AvgIpc) is 2.57. The number of likely N-dealkylation sites (tertiary alicyclic amines) is 1. The van der Waals surface area contributed by atoms with E-state index in [9.17, 15) is 9.59 Å². The summed E-state index contributed by atoms with van der Waals surface area (Å²) in [5.41, 5.74) is -0.306. The molecule has 0 aliphatic carbocycles. The molecule has 0 saturated carbocycles. The second-order valence-corrected chi connectivity index (χ2v) is 5.90. The third-order valence-corrected chi connectivity index (χ3v) is 3.00. The van der Waals surface area contributed by atoms with E-state index < -0.39 is 6.04 Å². The van der Waals surface area contributed by atoms with Crippen LogP contribution in [-0.2, 0) is 14.3 Å². The second kappa shape index (κ2) is 7.04. The summed E-state index contributed by atoms with van der Waals surface area (Å²) in [6.07, 6.45) is -0.198. The summed E-state index contributed by atoms with van der Waals surface area (Å²) in [5, 5.41) is 0. The summed E-state index contributed by atoms with van der Waals surface area (Å²) in [6, 6.07) is -0.429. The van der Waals surface area contributed by atoms with Gasteiger partial charge in [0, 0.05) is 19.4 Å². The maximum absolute atomic E-state index is 11.7. The van der Waals surface area contributed by atoms with E-state index in [0.29, 0.717) is 6.54 Å². The second-order valence-electron chi connectivity index (χ2n) is 5.90. The minimum Gasteiger partial charge on any atom is -0.370 e. The average molecular weight is 271 g/mol. The molecule has 1 amide bonds. The number of carbonyl (C=O) groups is 2. The van der Waals surface area contributed by atoms with Crippen molar-refractivity contribution in [2.75, 3.05) is 6.54 Å². The van der Waals surface area contributed by atoms with Crippen molar-refractivity contribution >= 4 is 11.7 Å². The first-order chi connectivity index (χ1) is 8.63. The third kappa shape index (κ3) is 4.94. The molecular weight excluding hydrogens is 242 g/mol. The van der Waals surface area contributed by atoms with E-state index in [1.54, 1.807) is 4.90 Å². The zero-order chi connectivity index (χ0) is 15.4. The Labute approximate surface area is 117 Å². The van der Waals surface area contributed by atoms with E-state index >= 15 is 0 Å². The van der Waals surface area contributed by atoms with Crippen LogP contribution in [0.15, 0.2) is 0 Å². The van der Waals surface area contributed by atoms with Crippen molar-refractivity contribution in [1.29, 1.82) is 0 Å². The number of hydrogen-bond acceptors (Lipinski definition) is 3. The molecule has 0 aromatic heterocycles. The maximum atomic E-state index is 11.7. The van der Waals surface area contributed by atoms with Crippen molar-refractivity contribution in [3.63, 3.8) is 0 Å². The van der Waals surface area contributed by atoms with Crippen molar-refractivity contribution in [3.8, 4) is 0 Å². The Balaban J connectivity index is 0.00000154. The number of carbonyl (C=O) groups excluding carboxylic acids is 2. The van der Waals surface area contributed by atoms with Crippen LogP contribution < -0.4 is 0 Å². The summed E-state index contributed by atoms with van der Waals surface area (Å²) in [4.78, 5) is 24.9. The van der Waals surface area contributed by atoms with Crippen molar-refractivity contribution in [1.82, 2.24) is 4.90 Å². The number of rotatable bonds is 2. The molecule has 0 aromatic carbocycles. The Morgan fingerprint density at radius 2 is 1.63 bits per heavy atom. The van der Waals surface area contributed by atoms with Gasteiger partial charge in [-0.3, -0.25) is 9.59 Å². The topological polar surface area (TPSA) is 46.6 Å². The van der Waals surface area contributed by atoms with E-state index in [4.69, 9.17) is 4.74 Å². The van der Waals surface area contributed by atoms with Crippen molar-refractivity contribution in [3.05, 3.63) is 0 Å². The number of Topliss-reactive ketones (excluding diaryl/α,β-unsaturated/α-hetero) is 1. The van der Waals surface area contributed by atoms with E-state index in [-0.39, 0.29) is 29.3 Å². The normalized spacial score (nSPS) is 26.7. The predicted molar refractivity (Wildman–Crippen MR) is 77.0 cm³/mol. The Bertz CT molecular complexity index is 320. The number of ether oxygens (including phenoxy) is 1. The largest absolute Gasteiger partial charge is 0.370 e. The van der Waals surface area contributed by atoms with Crippen LogP contribution >= 0.6 is 0 Å². The van der Waals surface area contributed by atoms with E-state index in [2.05, 4.69) is 0 Å². The minimum absolute atomic E-state index is 0.00111. The molecule has 1 heterocycles. The summed E-state index contributed by atoms with van der Waals surface area (Å²) in [6.45, 7) is 15.5. The van der Waals surface area contributed by atoms with Gasteiger partial charge in [-0.2, -0.15) is 0 Å². The quantitative estimate of drug-likeness (QED) is 0.775. The molecule has 1 aliphatic heterocycles. The predicted octanol–water partition coefficient (Wildman–Crippen LogP) is 2.65. The molecule has 1 saturated heterocycles. The van der Waals surface area contributed by atoms with E-state index in [1.165, 1.54) is 13.8 Å². The molecule has 0 bridgehead atoms. The fourth-order valence-corrected chi connectivity index (χ4v) is 2.38. The summed E-state index contributed by atoms with van der Waals surface area (Å²) < 4.78 is 5.95. The molecule has 19 heavy (non-hydrogen) atoms. The van der Waals surface area contributed by atoms with Gasteiger partial charge in [-0.1, -0.05) is 20.8 Å². The van der Waals surface area contributed by atoms with Gasteiger partial charge in [-0.05, 0) is 27.7 Å². The molecule has 4 heteroatoms. The molecule has 1 aliphatic rings. The lowest BCUT2D eigenvalue weighted by atomic mass is 10.00. The highest BCUT2D eigenvalue weighted by Crippen LogP contribution is 2.30. The minimum atomic E-state index is -0.429. The molecule has 0 N–H and O–H groups in total. The molecule has 3 unspecified atom stereocenters. The number of amides is 1. The summed E-state index contributed by atoms with van der Waals surface area (Å²) in [7, 11) is 0. The SMILES string of the molecule is CC.CC(=O)C1C(OC(C)(C)C)C(C)CN1C(C)=O. The maximum Gasteiger partial charge on any atom is 0.220 e. The van der Waals surface area contributed by atoms with Gasteiger partial charge >= 0.3 is 0 Å². The van der Waals surface area contributed by atoms with Crippen LogP contribution in [-0.4, -0.2) is 40.9 Å². The summed E-state index contributed by atoms with van der Waals surface area (Å²) in [5.74, 6) is 0.128. The van der Waals surface area contributed by atoms with Gasteiger partial charge in [0.1, 0.15) is 6.04 Å². The Morgan fingerprint density at radius 3 is 1.95 bits per heavy atom. The molecule has 1 fully saturated rings. The third-order valence-electron chi connectivity index (χ3n) is 3.00. The van der Waals surface area contributed by atoms with Crippen LogP contribution in [0.2, 0.25) is 0 Å². The van der Waals surface area contributed by atoms with Crippen LogP contribution in [0.3, 0.4) is 0 Å². The molecule has 0 spiro atoms. The molecule has 1 rings (SSSR count). The number of nitrogens with zero attached hydrogens (tertiary/aromatic N) is 1. The lowest BCUT2D eigenvalue weighted by Gasteiger charge is -2.31. The lowest BCUT2D eigenvalue weighted by Crippen LogP contribution is -2.46. The van der Waals surface area contributed by atoms with Gasteiger partial charge in [0.2, 0.25) is 5.91 Å². The fraction of sp³-hybridized carbons (Fsp3) is 0.867. The first-order valence-electron chi connectivity index (χ1n) is 7.09. The van der Waals surface area contributed by atoms with Crippen LogP contribution in [0, 0.1) is 5.92 Å². The number of ketones is 1. The van der Waals surface area contributed by atoms with E-state index in [0.717, 1.165) is 0 Å². The smallest absolute Gasteiger partial charge is 0.220 e. The molecule has 4 nitrogen and oxygen atoms in total. The van der Waals surface area contributed by atoms with Crippen LogP contribution in [0.1, 0.15) is 55.4 Å². The molecule has 0 radical (unpaired) electrons. The molecule has 112 valence electrons. The van der Waals surface area contributed by atoms with Crippen molar-refractivity contribution in [2.45, 2.75) is 73.1 Å². The highest BCUT2D eigenvalue weighted by Gasteiger charge is 2.45. The van der Waals surface area contributed by atoms with Crippen LogP contribution in [0.25, 0.3) is 0 Å². The molecule has 0 aromatic rings. The number of hydrogen-bond donors (Lipinski definition) is 0. The van der Waals surface area contributed by atoms with Crippen molar-refractivity contribution in [2.24, 2.45) is 5.92 Å². The Kier molecular flexibility index (Phi) is 6.70. The Hall–Kier alpha value is -0.900. The lowest BCUT2D eigenvalue weighted by molar-refractivity contribution is -0.142.